The van der Waals surface area contributed by atoms with Crippen LogP contribution in [-0.4, -0.2) is 31.0 Å². The molecule has 1 saturated carbocycles. The van der Waals surface area contributed by atoms with Crippen LogP contribution in [0.4, 0.5) is 0 Å². The third-order valence-electron chi connectivity index (χ3n) is 4.21. The Labute approximate surface area is 120 Å². The summed E-state index contributed by atoms with van der Waals surface area (Å²) in [5.74, 6) is 2.08. The third-order valence-corrected chi connectivity index (χ3v) is 4.21. The Hall–Kier alpha value is -1.26. The average Bonchev–Trinajstić information content (AvgIpc) is 2.49. The van der Waals surface area contributed by atoms with Crippen molar-refractivity contribution >= 4 is 0 Å². The fraction of sp³-hybridized carbons (Fsp3) is 0.625. The molecule has 2 unspecified atom stereocenters. The molecule has 3 rings (SSSR count). The molecule has 2 aliphatic rings. The molecular formula is C16H23NO3. The molecule has 1 fully saturated rings. The van der Waals surface area contributed by atoms with Gasteiger partial charge in [-0.15, -0.1) is 0 Å². The van der Waals surface area contributed by atoms with Crippen molar-refractivity contribution in [3.8, 4) is 11.5 Å². The quantitative estimate of drug-likeness (QED) is 0.885. The zero-order valence-electron chi connectivity index (χ0n) is 11.8. The van der Waals surface area contributed by atoms with E-state index in [2.05, 4.69) is 11.4 Å². The van der Waals surface area contributed by atoms with E-state index in [9.17, 15) is 5.11 Å². The van der Waals surface area contributed by atoms with Crippen molar-refractivity contribution < 1.29 is 14.6 Å². The number of rotatable bonds is 4. The minimum absolute atomic E-state index is 0.128. The van der Waals surface area contributed by atoms with Gasteiger partial charge in [0.25, 0.3) is 0 Å². The predicted octanol–water partition coefficient (Wildman–Crippen LogP) is 2.10. The van der Waals surface area contributed by atoms with Crippen LogP contribution in [0.5, 0.6) is 11.5 Å². The summed E-state index contributed by atoms with van der Waals surface area (Å²) in [5.41, 5.74) is 1.19. The smallest absolute Gasteiger partial charge is 0.161 e. The zero-order valence-corrected chi connectivity index (χ0v) is 11.8. The number of aliphatic hydroxyl groups is 1. The van der Waals surface area contributed by atoms with Gasteiger partial charge in [-0.3, -0.25) is 0 Å². The fourth-order valence-electron chi connectivity index (χ4n) is 3.03. The fourth-order valence-corrected chi connectivity index (χ4v) is 3.03. The van der Waals surface area contributed by atoms with E-state index in [1.54, 1.807) is 0 Å². The van der Waals surface area contributed by atoms with Crippen molar-refractivity contribution in [1.82, 2.24) is 5.32 Å². The number of hydrogen-bond donors (Lipinski definition) is 2. The summed E-state index contributed by atoms with van der Waals surface area (Å²) in [5, 5.41) is 13.4. The van der Waals surface area contributed by atoms with Crippen molar-refractivity contribution in [2.45, 2.75) is 38.3 Å². The van der Waals surface area contributed by atoms with Crippen LogP contribution in [0, 0.1) is 5.92 Å². The summed E-state index contributed by atoms with van der Waals surface area (Å²) in [6, 6.07) is 6.08. The Morgan fingerprint density at radius 2 is 1.90 bits per heavy atom. The number of aliphatic hydroxyl groups excluding tert-OH is 1. The molecule has 0 saturated heterocycles. The molecule has 110 valence electrons. The lowest BCUT2D eigenvalue weighted by Gasteiger charge is -2.27. The molecule has 1 aliphatic carbocycles. The SMILES string of the molecule is OC1CCCCC1CNCc1ccc2c(c1)OCCO2. The molecule has 0 aromatic heterocycles. The van der Waals surface area contributed by atoms with Gasteiger partial charge in [-0.2, -0.15) is 0 Å². The topological polar surface area (TPSA) is 50.7 Å². The van der Waals surface area contributed by atoms with Gasteiger partial charge < -0.3 is 19.9 Å². The molecule has 20 heavy (non-hydrogen) atoms. The minimum Gasteiger partial charge on any atom is -0.486 e. The van der Waals surface area contributed by atoms with Crippen LogP contribution >= 0.6 is 0 Å². The summed E-state index contributed by atoms with van der Waals surface area (Å²) in [6.45, 7) is 2.94. The monoisotopic (exact) mass is 277 g/mol. The van der Waals surface area contributed by atoms with Gasteiger partial charge in [-0.25, -0.2) is 0 Å². The van der Waals surface area contributed by atoms with Gasteiger partial charge in [-0.1, -0.05) is 18.9 Å². The highest BCUT2D eigenvalue weighted by atomic mass is 16.6. The average molecular weight is 277 g/mol. The summed E-state index contributed by atoms with van der Waals surface area (Å²) in [4.78, 5) is 0. The zero-order chi connectivity index (χ0) is 13.8. The molecule has 1 aliphatic heterocycles. The third kappa shape index (κ3) is 3.25. The van der Waals surface area contributed by atoms with Crippen LogP contribution < -0.4 is 14.8 Å². The van der Waals surface area contributed by atoms with Crippen molar-refractivity contribution in [3.63, 3.8) is 0 Å². The first kappa shape index (κ1) is 13.7. The van der Waals surface area contributed by atoms with Crippen LogP contribution in [0.2, 0.25) is 0 Å². The predicted molar refractivity (Wildman–Crippen MR) is 77.1 cm³/mol. The second-order valence-corrected chi connectivity index (χ2v) is 5.72. The number of benzene rings is 1. The molecule has 4 nitrogen and oxygen atoms in total. The standard InChI is InChI=1S/C16H23NO3/c18-14-4-2-1-3-13(14)11-17-10-12-5-6-15-16(9-12)20-8-7-19-15/h5-6,9,13-14,17-18H,1-4,7-8,10-11H2. The normalized spacial score (nSPS) is 25.4. The Bertz CT molecular complexity index is 449. The Balaban J connectivity index is 1.50. The summed E-state index contributed by atoms with van der Waals surface area (Å²) in [7, 11) is 0. The van der Waals surface area contributed by atoms with E-state index in [-0.39, 0.29) is 6.10 Å². The highest BCUT2D eigenvalue weighted by molar-refractivity contribution is 5.43. The van der Waals surface area contributed by atoms with Crippen molar-refractivity contribution in [2.75, 3.05) is 19.8 Å². The summed E-state index contributed by atoms with van der Waals surface area (Å²) < 4.78 is 11.1. The van der Waals surface area contributed by atoms with Crippen LogP contribution in [0.25, 0.3) is 0 Å². The van der Waals surface area contributed by atoms with Crippen molar-refractivity contribution in [2.24, 2.45) is 5.92 Å². The molecule has 2 N–H and O–H groups in total. The van der Waals surface area contributed by atoms with Crippen molar-refractivity contribution in [1.29, 1.82) is 0 Å². The van der Waals surface area contributed by atoms with E-state index in [1.165, 1.54) is 18.4 Å². The van der Waals surface area contributed by atoms with Gasteiger partial charge >= 0.3 is 0 Å². The molecule has 0 amide bonds. The molecule has 2 atom stereocenters. The number of nitrogens with one attached hydrogen (secondary N) is 1. The first-order valence-electron chi connectivity index (χ1n) is 7.60. The van der Waals surface area contributed by atoms with Crippen LogP contribution in [0.3, 0.4) is 0 Å². The number of hydrogen-bond acceptors (Lipinski definition) is 4. The summed E-state index contributed by atoms with van der Waals surface area (Å²) >= 11 is 0. The molecule has 1 heterocycles. The largest absolute Gasteiger partial charge is 0.486 e. The number of fused-ring (bicyclic) bond motifs is 1. The molecule has 0 radical (unpaired) electrons. The van der Waals surface area contributed by atoms with Gasteiger partial charge in [0, 0.05) is 13.1 Å². The molecule has 1 aromatic carbocycles. The molecule has 1 aromatic rings. The lowest BCUT2D eigenvalue weighted by Crippen LogP contribution is -2.33. The minimum atomic E-state index is -0.128. The van der Waals surface area contributed by atoms with Crippen LogP contribution in [-0.2, 0) is 6.54 Å². The van der Waals surface area contributed by atoms with E-state index in [4.69, 9.17) is 9.47 Å². The maximum Gasteiger partial charge on any atom is 0.161 e. The first-order valence-corrected chi connectivity index (χ1v) is 7.60. The van der Waals surface area contributed by atoms with Gasteiger partial charge in [-0.05, 0) is 36.5 Å². The van der Waals surface area contributed by atoms with E-state index >= 15 is 0 Å². The van der Waals surface area contributed by atoms with Gasteiger partial charge in [0.2, 0.25) is 0 Å². The molecule has 0 spiro atoms. The number of ether oxygens (including phenoxy) is 2. The Morgan fingerprint density at radius 1 is 1.10 bits per heavy atom. The van der Waals surface area contributed by atoms with Gasteiger partial charge in [0.1, 0.15) is 13.2 Å². The molecule has 4 heteroatoms. The van der Waals surface area contributed by atoms with Gasteiger partial charge in [0.15, 0.2) is 11.5 Å². The molecule has 0 bridgehead atoms. The van der Waals surface area contributed by atoms with Crippen molar-refractivity contribution in [3.05, 3.63) is 23.8 Å². The summed E-state index contributed by atoms with van der Waals surface area (Å²) in [6.07, 6.45) is 4.37. The highest BCUT2D eigenvalue weighted by Crippen LogP contribution is 2.30. The van der Waals surface area contributed by atoms with E-state index < -0.39 is 0 Å². The van der Waals surface area contributed by atoms with E-state index in [0.717, 1.165) is 37.4 Å². The van der Waals surface area contributed by atoms with Gasteiger partial charge in [0.05, 0.1) is 6.10 Å². The maximum absolute atomic E-state index is 9.95. The van der Waals surface area contributed by atoms with E-state index in [1.807, 2.05) is 12.1 Å². The molecular weight excluding hydrogens is 254 g/mol. The second-order valence-electron chi connectivity index (χ2n) is 5.72. The Morgan fingerprint density at radius 3 is 2.75 bits per heavy atom. The maximum atomic E-state index is 9.95. The lowest BCUT2D eigenvalue weighted by molar-refractivity contribution is 0.0695. The second kappa shape index (κ2) is 6.46. The van der Waals surface area contributed by atoms with Crippen LogP contribution in [0.15, 0.2) is 18.2 Å². The highest BCUT2D eigenvalue weighted by Gasteiger charge is 2.22. The Kier molecular flexibility index (Phi) is 4.43. The lowest BCUT2D eigenvalue weighted by atomic mass is 9.86. The van der Waals surface area contributed by atoms with E-state index in [0.29, 0.717) is 19.1 Å². The first-order chi connectivity index (χ1) is 9.83. The van der Waals surface area contributed by atoms with Crippen LogP contribution in [0.1, 0.15) is 31.2 Å².